The van der Waals surface area contributed by atoms with E-state index in [1.54, 1.807) is 19.1 Å². The Hall–Kier alpha value is -1.56. The molecule has 6 heteroatoms. The third kappa shape index (κ3) is 4.47. The Morgan fingerprint density at radius 3 is 2.39 bits per heavy atom. The number of ether oxygens (including phenoxy) is 1. The summed E-state index contributed by atoms with van der Waals surface area (Å²) >= 11 is 0. The van der Waals surface area contributed by atoms with Crippen molar-refractivity contribution in [2.45, 2.75) is 33.2 Å². The number of hydrogen-bond donors (Lipinski definition) is 0. The highest BCUT2D eigenvalue weighted by atomic mass is 32.2. The van der Waals surface area contributed by atoms with Crippen molar-refractivity contribution in [1.82, 2.24) is 4.90 Å². The number of hydrogen-bond acceptors (Lipinski definition) is 4. The summed E-state index contributed by atoms with van der Waals surface area (Å²) in [6, 6.07) is 4.05. The van der Waals surface area contributed by atoms with Gasteiger partial charge < -0.3 is 9.64 Å². The first kappa shape index (κ1) is 17.8. The van der Waals surface area contributed by atoms with Crippen molar-refractivity contribution < 1.29 is 17.9 Å². The molecule has 0 bridgehead atoms. The second-order valence-electron chi connectivity index (χ2n) is 6.49. The average molecular weight is 339 g/mol. The average Bonchev–Trinajstić information content (AvgIpc) is 2.77. The molecule has 1 unspecified atom stereocenters. The van der Waals surface area contributed by atoms with Crippen LogP contribution in [0, 0.1) is 19.8 Å². The first-order chi connectivity index (χ1) is 10.7. The second-order valence-corrected chi connectivity index (χ2v) is 8.71. The van der Waals surface area contributed by atoms with Crippen LogP contribution in [-0.4, -0.2) is 44.9 Å². The third-order valence-corrected chi connectivity index (χ3v) is 6.20. The summed E-state index contributed by atoms with van der Waals surface area (Å²) < 4.78 is 28.3. The molecule has 1 fully saturated rings. The zero-order chi connectivity index (χ0) is 17.2. The Labute approximate surface area is 138 Å². The van der Waals surface area contributed by atoms with Gasteiger partial charge in [0.2, 0.25) is 5.91 Å². The summed E-state index contributed by atoms with van der Waals surface area (Å²) in [4.78, 5) is 14.0. The van der Waals surface area contributed by atoms with Gasteiger partial charge >= 0.3 is 0 Å². The van der Waals surface area contributed by atoms with E-state index >= 15 is 0 Å². The van der Waals surface area contributed by atoms with Crippen LogP contribution in [0.15, 0.2) is 12.1 Å². The van der Waals surface area contributed by atoms with Gasteiger partial charge in [-0.3, -0.25) is 4.79 Å². The van der Waals surface area contributed by atoms with Gasteiger partial charge in [0.25, 0.3) is 0 Å². The van der Waals surface area contributed by atoms with Crippen LogP contribution < -0.4 is 4.74 Å². The van der Waals surface area contributed by atoms with Gasteiger partial charge in [0.15, 0.2) is 9.84 Å². The molecular weight excluding hydrogens is 314 g/mol. The molecule has 2 rings (SSSR count). The van der Waals surface area contributed by atoms with Crippen molar-refractivity contribution in [1.29, 1.82) is 0 Å². The molecule has 0 saturated carbocycles. The monoisotopic (exact) mass is 339 g/mol. The van der Waals surface area contributed by atoms with E-state index in [2.05, 4.69) is 0 Å². The molecule has 1 aliphatic rings. The highest BCUT2D eigenvalue weighted by Crippen LogP contribution is 2.26. The van der Waals surface area contributed by atoms with E-state index in [9.17, 15) is 13.2 Å². The van der Waals surface area contributed by atoms with Crippen LogP contribution in [0.25, 0.3) is 0 Å². The zero-order valence-corrected chi connectivity index (χ0v) is 15.1. The number of sulfone groups is 1. The Morgan fingerprint density at radius 1 is 1.30 bits per heavy atom. The first-order valence-electron chi connectivity index (χ1n) is 7.80. The van der Waals surface area contributed by atoms with Crippen LogP contribution >= 0.6 is 0 Å². The molecule has 0 N–H and O–H groups in total. The summed E-state index contributed by atoms with van der Waals surface area (Å²) in [7, 11) is 0.488. The number of amides is 1. The summed E-state index contributed by atoms with van der Waals surface area (Å²) in [5.41, 5.74) is 3.14. The molecule has 1 amide bonds. The van der Waals surface area contributed by atoms with Crippen molar-refractivity contribution in [3.8, 4) is 5.75 Å². The van der Waals surface area contributed by atoms with Gasteiger partial charge in [0, 0.05) is 20.0 Å². The van der Waals surface area contributed by atoms with E-state index in [4.69, 9.17) is 4.74 Å². The quantitative estimate of drug-likeness (QED) is 0.824. The summed E-state index contributed by atoms with van der Waals surface area (Å²) in [5, 5.41) is 0. The number of carbonyl (C=O) groups excluding carboxylic acids is 1. The Kier molecular flexibility index (Phi) is 5.34. The normalized spacial score (nSPS) is 19.6. The van der Waals surface area contributed by atoms with Crippen molar-refractivity contribution in [3.05, 3.63) is 28.8 Å². The number of carbonyl (C=O) groups is 1. The lowest BCUT2D eigenvalue weighted by Crippen LogP contribution is -2.28. The molecule has 0 aromatic heterocycles. The fourth-order valence-electron chi connectivity index (χ4n) is 3.25. The van der Waals surface area contributed by atoms with Gasteiger partial charge in [-0.1, -0.05) is 12.1 Å². The van der Waals surface area contributed by atoms with Gasteiger partial charge in [-0.15, -0.1) is 0 Å². The maximum atomic E-state index is 12.3. The fraction of sp³-hybridized carbons (Fsp3) is 0.588. The van der Waals surface area contributed by atoms with Gasteiger partial charge in [-0.25, -0.2) is 8.42 Å². The van der Waals surface area contributed by atoms with Crippen LogP contribution in [-0.2, 0) is 21.2 Å². The molecule has 128 valence electrons. The van der Waals surface area contributed by atoms with E-state index in [1.807, 2.05) is 26.0 Å². The van der Waals surface area contributed by atoms with Gasteiger partial charge in [0.1, 0.15) is 5.75 Å². The van der Waals surface area contributed by atoms with Crippen LogP contribution in [0.3, 0.4) is 0 Å². The Balaban J connectivity index is 1.99. The van der Waals surface area contributed by atoms with Gasteiger partial charge in [-0.05, 0) is 42.9 Å². The molecule has 1 aromatic carbocycles. The molecule has 1 aromatic rings. The minimum atomic E-state index is -2.93. The molecule has 0 aliphatic carbocycles. The van der Waals surface area contributed by atoms with Crippen LogP contribution in [0.4, 0.5) is 0 Å². The molecule has 1 saturated heterocycles. The largest absolute Gasteiger partial charge is 0.496 e. The molecule has 1 heterocycles. The van der Waals surface area contributed by atoms with Crippen LogP contribution in [0.1, 0.15) is 29.5 Å². The first-order valence-corrected chi connectivity index (χ1v) is 9.62. The van der Waals surface area contributed by atoms with E-state index < -0.39 is 9.84 Å². The number of methoxy groups -OCH3 is 1. The predicted molar refractivity (Wildman–Crippen MR) is 90.3 cm³/mol. The Bertz CT molecular complexity index is 674. The van der Waals surface area contributed by atoms with E-state index in [0.29, 0.717) is 19.4 Å². The Morgan fingerprint density at radius 2 is 1.91 bits per heavy atom. The number of nitrogens with zero attached hydrogens (tertiary/aromatic N) is 1. The maximum Gasteiger partial charge on any atom is 0.222 e. The summed E-state index contributed by atoms with van der Waals surface area (Å²) in [5.74, 6) is 1.20. The standard InChI is InChI=1S/C17H25NO4S/c1-12-7-15(8-13(2)17(12)22-4)10-18(3)16(19)9-14-5-6-23(20,21)11-14/h7-8,14H,5-6,9-11H2,1-4H3. The molecule has 1 atom stereocenters. The van der Waals surface area contributed by atoms with Crippen LogP contribution in [0.2, 0.25) is 0 Å². The van der Waals surface area contributed by atoms with E-state index in [-0.39, 0.29) is 23.3 Å². The highest BCUT2D eigenvalue weighted by Gasteiger charge is 2.30. The third-order valence-electron chi connectivity index (χ3n) is 4.36. The molecule has 0 radical (unpaired) electrons. The van der Waals surface area contributed by atoms with Crippen molar-refractivity contribution in [2.75, 3.05) is 25.7 Å². The number of benzene rings is 1. The molecule has 1 aliphatic heterocycles. The topological polar surface area (TPSA) is 63.7 Å². The lowest BCUT2D eigenvalue weighted by molar-refractivity contribution is -0.131. The van der Waals surface area contributed by atoms with Gasteiger partial charge in [0.05, 0.1) is 18.6 Å². The summed E-state index contributed by atoms with van der Waals surface area (Å²) in [6.45, 7) is 4.49. The second kappa shape index (κ2) is 6.91. The summed E-state index contributed by atoms with van der Waals surface area (Å²) in [6.07, 6.45) is 0.909. The number of rotatable bonds is 5. The highest BCUT2D eigenvalue weighted by molar-refractivity contribution is 7.91. The minimum absolute atomic E-state index is 0.00164. The lowest BCUT2D eigenvalue weighted by Gasteiger charge is -2.20. The maximum absolute atomic E-state index is 12.3. The molecular formula is C17H25NO4S. The number of aryl methyl sites for hydroxylation is 2. The predicted octanol–water partition coefficient (Wildman–Crippen LogP) is 2.10. The molecule has 5 nitrogen and oxygen atoms in total. The van der Waals surface area contributed by atoms with Crippen LogP contribution in [0.5, 0.6) is 5.75 Å². The fourth-order valence-corrected chi connectivity index (χ4v) is 5.11. The van der Waals surface area contributed by atoms with Gasteiger partial charge in [-0.2, -0.15) is 0 Å². The lowest BCUT2D eigenvalue weighted by atomic mass is 10.0. The van der Waals surface area contributed by atoms with Crippen molar-refractivity contribution >= 4 is 15.7 Å². The minimum Gasteiger partial charge on any atom is -0.496 e. The zero-order valence-electron chi connectivity index (χ0n) is 14.3. The smallest absolute Gasteiger partial charge is 0.222 e. The van der Waals surface area contributed by atoms with Crippen molar-refractivity contribution in [2.24, 2.45) is 5.92 Å². The molecule has 0 spiro atoms. The SMILES string of the molecule is COc1c(C)cc(CN(C)C(=O)CC2CCS(=O)(=O)C2)cc1C. The van der Waals surface area contributed by atoms with E-state index in [0.717, 1.165) is 22.4 Å². The van der Waals surface area contributed by atoms with Crippen molar-refractivity contribution in [3.63, 3.8) is 0 Å². The molecule has 23 heavy (non-hydrogen) atoms. The van der Waals surface area contributed by atoms with E-state index in [1.165, 1.54) is 0 Å².